The third-order valence-electron chi connectivity index (χ3n) is 10.7. The first-order chi connectivity index (χ1) is 20.9. The van der Waals surface area contributed by atoms with Crippen LogP contribution in [0.2, 0.25) is 0 Å². The van der Waals surface area contributed by atoms with Gasteiger partial charge in [0.25, 0.3) is 0 Å². The SMILES string of the molecule is CN(C)S.C[C@@H]1CN(C(=O)C23CC2c2cc(O)ccc2-c2c(C4CCCCC4)c4ccc(C(N)=O)cc4n2C3)C[C@H](C)N1C. The topological polar surface area (TPSA) is 95.0 Å². The van der Waals surface area contributed by atoms with Crippen molar-refractivity contribution in [3.63, 3.8) is 0 Å². The van der Waals surface area contributed by atoms with Gasteiger partial charge < -0.3 is 20.3 Å². The molecule has 3 fully saturated rings. The summed E-state index contributed by atoms with van der Waals surface area (Å²) in [5.74, 6) is 0.508. The van der Waals surface area contributed by atoms with Gasteiger partial charge in [-0.25, -0.2) is 0 Å². The summed E-state index contributed by atoms with van der Waals surface area (Å²) in [4.78, 5) is 31.3. The third kappa shape index (κ3) is 5.31. The third-order valence-corrected chi connectivity index (χ3v) is 10.7. The molecule has 1 saturated heterocycles. The molecule has 0 bridgehead atoms. The zero-order valence-corrected chi connectivity index (χ0v) is 27.6. The molecule has 4 atom stereocenters. The maximum Gasteiger partial charge on any atom is 0.248 e. The maximum absolute atomic E-state index is 14.5. The molecular weight excluding hydrogens is 570 g/mol. The molecule has 9 heteroatoms. The molecule has 3 aromatic rings. The highest BCUT2D eigenvalue weighted by Gasteiger charge is 2.64. The molecule has 3 heterocycles. The number of fused-ring (bicyclic) bond motifs is 7. The molecule has 2 amide bonds. The van der Waals surface area contributed by atoms with Gasteiger partial charge in [-0.2, -0.15) is 0 Å². The number of likely N-dealkylation sites (N-methyl/N-ethyl adjacent to an activating group) is 1. The Hall–Kier alpha value is -3.01. The first-order valence-corrected chi connectivity index (χ1v) is 16.5. The minimum atomic E-state index is -0.568. The normalized spacial score (nSPS) is 26.7. The van der Waals surface area contributed by atoms with Gasteiger partial charge in [0.1, 0.15) is 5.75 Å². The molecule has 4 aliphatic rings. The number of hydrogen-bond acceptors (Lipinski definition) is 6. The number of rotatable bonds is 3. The molecule has 2 aliphatic carbocycles. The molecule has 0 spiro atoms. The lowest BCUT2D eigenvalue weighted by atomic mass is 9.81. The molecule has 0 radical (unpaired) electrons. The second-order valence-corrected chi connectivity index (χ2v) is 14.7. The Morgan fingerprint density at radius 3 is 2.32 bits per heavy atom. The predicted molar refractivity (Wildman–Crippen MR) is 179 cm³/mol. The van der Waals surface area contributed by atoms with Crippen LogP contribution < -0.4 is 5.73 Å². The molecule has 1 aromatic heterocycles. The van der Waals surface area contributed by atoms with Crippen molar-refractivity contribution in [2.24, 2.45) is 11.1 Å². The van der Waals surface area contributed by atoms with E-state index in [4.69, 9.17) is 5.73 Å². The molecular formula is C35H47N5O3S. The van der Waals surface area contributed by atoms with E-state index in [-0.39, 0.29) is 17.6 Å². The minimum absolute atomic E-state index is 0.0563. The van der Waals surface area contributed by atoms with Crippen LogP contribution in [-0.4, -0.2) is 81.9 Å². The van der Waals surface area contributed by atoms with Gasteiger partial charge in [0.2, 0.25) is 11.8 Å². The number of piperazine rings is 1. The average Bonchev–Trinajstić information content (AvgIpc) is 3.65. The summed E-state index contributed by atoms with van der Waals surface area (Å²) in [6.45, 7) is 6.40. The minimum Gasteiger partial charge on any atom is -0.508 e. The fourth-order valence-electron chi connectivity index (χ4n) is 8.20. The van der Waals surface area contributed by atoms with Crippen molar-refractivity contribution in [2.75, 3.05) is 34.2 Å². The maximum atomic E-state index is 14.5. The number of aromatic nitrogens is 1. The molecule has 2 unspecified atom stereocenters. The van der Waals surface area contributed by atoms with Crippen molar-refractivity contribution in [1.82, 2.24) is 18.7 Å². The van der Waals surface area contributed by atoms with Crippen molar-refractivity contribution in [3.8, 4) is 17.0 Å². The van der Waals surface area contributed by atoms with Gasteiger partial charge in [-0.1, -0.05) is 38.1 Å². The fraction of sp³-hybridized carbons (Fsp3) is 0.543. The summed E-state index contributed by atoms with van der Waals surface area (Å²) in [5.41, 5.74) is 11.4. The van der Waals surface area contributed by atoms with Crippen LogP contribution in [0.1, 0.15) is 85.7 Å². The Labute approximate surface area is 266 Å². The number of aromatic hydroxyl groups is 1. The molecule has 2 aliphatic heterocycles. The highest BCUT2D eigenvalue weighted by atomic mass is 32.1. The Morgan fingerprint density at radius 2 is 1.68 bits per heavy atom. The lowest BCUT2D eigenvalue weighted by Gasteiger charge is -2.43. The quantitative estimate of drug-likeness (QED) is 0.333. The fourth-order valence-corrected chi connectivity index (χ4v) is 8.20. The summed E-state index contributed by atoms with van der Waals surface area (Å²) >= 11 is 3.80. The van der Waals surface area contributed by atoms with Crippen LogP contribution >= 0.6 is 12.8 Å². The van der Waals surface area contributed by atoms with E-state index < -0.39 is 11.3 Å². The first kappa shape index (κ1) is 31.0. The molecule has 2 aromatic carbocycles. The van der Waals surface area contributed by atoms with E-state index in [1.54, 1.807) is 10.4 Å². The van der Waals surface area contributed by atoms with Crippen LogP contribution in [0.25, 0.3) is 22.2 Å². The van der Waals surface area contributed by atoms with Gasteiger partial charge in [-0.05, 0) is 102 Å². The lowest BCUT2D eigenvalue weighted by molar-refractivity contribution is -0.141. The molecule has 7 rings (SSSR count). The Morgan fingerprint density at radius 1 is 1.02 bits per heavy atom. The van der Waals surface area contributed by atoms with Gasteiger partial charge in [0, 0.05) is 59.7 Å². The summed E-state index contributed by atoms with van der Waals surface area (Å²) in [5, 5.41) is 11.8. The number of amides is 2. The molecule has 3 N–H and O–H groups in total. The van der Waals surface area contributed by atoms with Crippen molar-refractivity contribution in [2.45, 2.75) is 82.8 Å². The van der Waals surface area contributed by atoms with Crippen LogP contribution in [0.4, 0.5) is 0 Å². The van der Waals surface area contributed by atoms with Gasteiger partial charge in [-0.15, -0.1) is 0 Å². The molecule has 236 valence electrons. The smallest absolute Gasteiger partial charge is 0.248 e. The number of nitrogens with zero attached hydrogens (tertiary/aromatic N) is 4. The molecule has 8 nitrogen and oxygen atoms in total. The summed E-state index contributed by atoms with van der Waals surface area (Å²) in [7, 11) is 5.87. The van der Waals surface area contributed by atoms with Crippen LogP contribution in [-0.2, 0) is 11.3 Å². The number of primary amides is 1. The molecule has 44 heavy (non-hydrogen) atoms. The zero-order chi connectivity index (χ0) is 31.5. The van der Waals surface area contributed by atoms with Crippen molar-refractivity contribution < 1.29 is 14.7 Å². The Bertz CT molecular complexity index is 1580. The van der Waals surface area contributed by atoms with Gasteiger partial charge in [0.15, 0.2) is 0 Å². The van der Waals surface area contributed by atoms with Crippen LogP contribution in [0.5, 0.6) is 5.75 Å². The van der Waals surface area contributed by atoms with E-state index in [2.05, 4.69) is 60.2 Å². The van der Waals surface area contributed by atoms with Crippen molar-refractivity contribution in [3.05, 3.63) is 53.1 Å². The number of thiol groups is 1. The zero-order valence-electron chi connectivity index (χ0n) is 26.7. The lowest BCUT2D eigenvalue weighted by Crippen LogP contribution is -2.58. The molecule has 2 saturated carbocycles. The largest absolute Gasteiger partial charge is 0.508 e. The van der Waals surface area contributed by atoms with E-state index in [1.807, 2.05) is 32.3 Å². The Kier molecular flexibility index (Phi) is 8.26. The number of benzene rings is 2. The van der Waals surface area contributed by atoms with Crippen LogP contribution in [0.3, 0.4) is 0 Å². The van der Waals surface area contributed by atoms with E-state index in [0.29, 0.717) is 30.1 Å². The van der Waals surface area contributed by atoms with Crippen LogP contribution in [0, 0.1) is 5.41 Å². The number of phenols is 1. The standard InChI is InChI=1S/C33H40N4O3.C2H7NS/c1-19-16-36(17-20(2)35(19)3)32(40)33-15-27(33)26-14-23(38)10-12-24(26)30-29(21-7-5-4-6-8-21)25-11-9-22(31(34)39)13-28(25)37(30)18-33;1-3(2)4/h9-14,19-21,27,38H,4-8,15-18H2,1-3H3,(H2,34,39);4H,1-2H3/t19-,20+,27?,33?;. The van der Waals surface area contributed by atoms with E-state index in [0.717, 1.165) is 60.1 Å². The van der Waals surface area contributed by atoms with E-state index in [1.165, 1.54) is 24.8 Å². The number of phenolic OH excluding ortho intramolecular Hbond substituents is 1. The van der Waals surface area contributed by atoms with Gasteiger partial charge in [0.05, 0.1) is 11.1 Å². The number of carbonyl (C=O) groups excluding carboxylic acids is 2. The summed E-state index contributed by atoms with van der Waals surface area (Å²) < 4.78 is 4.04. The van der Waals surface area contributed by atoms with E-state index >= 15 is 0 Å². The first-order valence-electron chi connectivity index (χ1n) is 16.1. The highest BCUT2D eigenvalue weighted by molar-refractivity contribution is 7.77. The number of nitrogens with two attached hydrogens (primary N) is 1. The second-order valence-electron chi connectivity index (χ2n) is 13.9. The number of carbonyl (C=O) groups is 2. The Balaban J connectivity index is 0.000000810. The van der Waals surface area contributed by atoms with Crippen LogP contribution in [0.15, 0.2) is 36.4 Å². The summed E-state index contributed by atoms with van der Waals surface area (Å²) in [6.07, 6.45) is 6.74. The monoisotopic (exact) mass is 617 g/mol. The van der Waals surface area contributed by atoms with E-state index in [9.17, 15) is 14.7 Å². The van der Waals surface area contributed by atoms with Crippen molar-refractivity contribution >= 4 is 35.5 Å². The second kappa shape index (κ2) is 11.7. The van der Waals surface area contributed by atoms with Gasteiger partial charge in [-0.3, -0.25) is 18.8 Å². The number of hydrogen-bond donors (Lipinski definition) is 3. The van der Waals surface area contributed by atoms with Gasteiger partial charge >= 0.3 is 0 Å². The highest BCUT2D eigenvalue weighted by Crippen LogP contribution is 2.66. The van der Waals surface area contributed by atoms with Crippen molar-refractivity contribution in [1.29, 1.82) is 0 Å². The predicted octanol–water partition coefficient (Wildman–Crippen LogP) is 5.59. The summed E-state index contributed by atoms with van der Waals surface area (Å²) in [6, 6.07) is 12.2. The average molecular weight is 618 g/mol.